The number of nitrogens with one attached hydrogen (secondary N) is 2. The zero-order chi connectivity index (χ0) is 22.3. The molecule has 2 fully saturated rings. The van der Waals surface area contributed by atoms with Crippen molar-refractivity contribution < 1.29 is 22.6 Å². The summed E-state index contributed by atoms with van der Waals surface area (Å²) in [7, 11) is 0. The third-order valence-electron chi connectivity index (χ3n) is 6.52. The number of rotatable bonds is 3. The highest BCUT2D eigenvalue weighted by molar-refractivity contribution is 5.85. The Kier molecular flexibility index (Phi) is 5.69. The molecular formula is C24H26F3N3O2. The van der Waals surface area contributed by atoms with Crippen LogP contribution < -0.4 is 5.32 Å². The molecule has 1 aromatic carbocycles. The first-order valence-corrected chi connectivity index (χ1v) is 11.0. The molecule has 0 spiro atoms. The fourth-order valence-corrected chi connectivity index (χ4v) is 4.99. The van der Waals surface area contributed by atoms with Crippen LogP contribution >= 0.6 is 0 Å². The number of aromatic nitrogens is 2. The zero-order valence-electron chi connectivity index (χ0n) is 17.9. The molecule has 2 aliphatic rings. The van der Waals surface area contributed by atoms with Gasteiger partial charge in [-0.2, -0.15) is 13.2 Å². The summed E-state index contributed by atoms with van der Waals surface area (Å²) in [5.74, 6) is 0.402. The van der Waals surface area contributed by atoms with E-state index in [0.29, 0.717) is 24.7 Å². The number of nitrogens with zero attached hydrogens (tertiary/aromatic N) is 1. The summed E-state index contributed by atoms with van der Waals surface area (Å²) in [5, 5.41) is 3.63. The van der Waals surface area contributed by atoms with Crippen LogP contribution in [0.2, 0.25) is 0 Å². The minimum absolute atomic E-state index is 0.0509. The van der Waals surface area contributed by atoms with Gasteiger partial charge in [0.25, 0.3) is 0 Å². The van der Waals surface area contributed by atoms with Crippen molar-refractivity contribution >= 4 is 11.0 Å². The number of ether oxygens (including phenoxy) is 2. The van der Waals surface area contributed by atoms with Crippen LogP contribution in [0.1, 0.15) is 47.1 Å². The molecule has 0 saturated carbocycles. The van der Waals surface area contributed by atoms with E-state index in [1.54, 1.807) is 12.3 Å². The Morgan fingerprint density at radius 1 is 1.03 bits per heavy atom. The molecule has 0 unspecified atom stereocenters. The van der Waals surface area contributed by atoms with Crippen LogP contribution in [-0.4, -0.2) is 42.9 Å². The van der Waals surface area contributed by atoms with E-state index in [2.05, 4.69) is 34.3 Å². The largest absolute Gasteiger partial charge is 0.418 e. The van der Waals surface area contributed by atoms with Crippen molar-refractivity contribution in [3.63, 3.8) is 0 Å². The van der Waals surface area contributed by atoms with Gasteiger partial charge in [-0.05, 0) is 60.1 Å². The molecule has 3 aromatic rings. The van der Waals surface area contributed by atoms with Gasteiger partial charge in [0.1, 0.15) is 5.65 Å². The number of morpholine rings is 1. The quantitative estimate of drug-likeness (QED) is 0.588. The van der Waals surface area contributed by atoms with Gasteiger partial charge in [-0.25, -0.2) is 4.98 Å². The van der Waals surface area contributed by atoms with Gasteiger partial charge >= 0.3 is 6.18 Å². The van der Waals surface area contributed by atoms with Crippen molar-refractivity contribution in [2.75, 3.05) is 33.0 Å². The molecule has 32 heavy (non-hydrogen) atoms. The molecule has 0 amide bonds. The number of aryl methyl sites for hydroxylation is 1. The topological polar surface area (TPSA) is 59.2 Å². The van der Waals surface area contributed by atoms with E-state index in [4.69, 9.17) is 9.47 Å². The van der Waals surface area contributed by atoms with E-state index in [-0.39, 0.29) is 17.1 Å². The van der Waals surface area contributed by atoms with E-state index < -0.39 is 11.7 Å². The molecule has 1 atom stereocenters. The zero-order valence-corrected chi connectivity index (χ0v) is 17.9. The van der Waals surface area contributed by atoms with Gasteiger partial charge in [-0.3, -0.25) is 0 Å². The number of aromatic amines is 1. The Morgan fingerprint density at radius 2 is 1.84 bits per heavy atom. The molecule has 8 heteroatoms. The molecule has 2 aliphatic heterocycles. The number of alkyl halides is 3. The first kappa shape index (κ1) is 21.4. The van der Waals surface area contributed by atoms with Crippen LogP contribution in [-0.2, 0) is 15.7 Å². The summed E-state index contributed by atoms with van der Waals surface area (Å²) >= 11 is 0. The fraction of sp³-hybridized carbons (Fsp3) is 0.458. The Hall–Kier alpha value is -2.42. The highest BCUT2D eigenvalue weighted by atomic mass is 19.4. The summed E-state index contributed by atoms with van der Waals surface area (Å²) in [6.07, 6.45) is 0.112. The number of hydrogen-bond donors (Lipinski definition) is 2. The monoisotopic (exact) mass is 445 g/mol. The van der Waals surface area contributed by atoms with Crippen LogP contribution in [0.4, 0.5) is 13.2 Å². The number of hydrogen-bond acceptors (Lipinski definition) is 4. The molecule has 2 saturated heterocycles. The number of H-pyrrole nitrogens is 1. The van der Waals surface area contributed by atoms with Crippen LogP contribution in [0.3, 0.4) is 0 Å². The van der Waals surface area contributed by atoms with Gasteiger partial charge in [0.2, 0.25) is 0 Å². The maximum atomic E-state index is 13.4. The Balaban J connectivity index is 1.62. The number of fused-ring (bicyclic) bond motifs is 1. The third-order valence-corrected chi connectivity index (χ3v) is 6.52. The predicted molar refractivity (Wildman–Crippen MR) is 116 cm³/mol. The van der Waals surface area contributed by atoms with Gasteiger partial charge in [-0.15, -0.1) is 0 Å². The minimum Gasteiger partial charge on any atom is -0.381 e. The van der Waals surface area contributed by atoms with Crippen molar-refractivity contribution in [1.82, 2.24) is 15.3 Å². The Labute approximate surface area is 184 Å². The maximum absolute atomic E-state index is 13.4. The number of benzene rings is 1. The minimum atomic E-state index is -4.43. The Morgan fingerprint density at radius 3 is 2.56 bits per heavy atom. The third kappa shape index (κ3) is 4.02. The summed E-state index contributed by atoms with van der Waals surface area (Å²) in [6, 6.07) is 5.81. The predicted octanol–water partition coefficient (Wildman–Crippen LogP) is 5.11. The number of halogens is 3. The molecule has 2 aromatic heterocycles. The lowest BCUT2D eigenvalue weighted by Crippen LogP contribution is -2.35. The molecule has 0 aliphatic carbocycles. The summed E-state index contributed by atoms with van der Waals surface area (Å²) in [5.41, 5.74) is 4.69. The summed E-state index contributed by atoms with van der Waals surface area (Å²) in [6.45, 7) is 5.60. The average molecular weight is 445 g/mol. The van der Waals surface area contributed by atoms with Crippen molar-refractivity contribution in [3.8, 4) is 11.1 Å². The van der Waals surface area contributed by atoms with Crippen molar-refractivity contribution in [2.24, 2.45) is 0 Å². The molecular weight excluding hydrogens is 419 g/mol. The molecule has 5 nitrogen and oxygen atoms in total. The summed E-state index contributed by atoms with van der Waals surface area (Å²) in [4.78, 5) is 6.89. The lowest BCUT2D eigenvalue weighted by molar-refractivity contribution is -0.136. The van der Waals surface area contributed by atoms with Crippen LogP contribution in [0.5, 0.6) is 0 Å². The molecule has 0 bridgehead atoms. The maximum Gasteiger partial charge on any atom is 0.418 e. The van der Waals surface area contributed by atoms with Crippen molar-refractivity contribution in [1.29, 1.82) is 0 Å². The van der Waals surface area contributed by atoms with Crippen LogP contribution in [0, 0.1) is 6.92 Å². The van der Waals surface area contributed by atoms with E-state index in [9.17, 15) is 13.2 Å². The van der Waals surface area contributed by atoms with Gasteiger partial charge < -0.3 is 19.8 Å². The first-order valence-electron chi connectivity index (χ1n) is 11.0. The van der Waals surface area contributed by atoms with Crippen molar-refractivity contribution in [2.45, 2.75) is 37.9 Å². The second kappa shape index (κ2) is 8.50. The molecule has 4 heterocycles. The number of pyridine rings is 1. The highest BCUT2D eigenvalue weighted by Gasteiger charge is 2.34. The standard InChI is InChI=1S/C24H26F3N3O2/c1-14-8-16(17-10-18-20(24(25,26)27)12-30-23(18)29-11-17)9-19(21-13-32-7-4-28-21)22(14)15-2-5-31-6-3-15/h8-12,15,21,28H,2-7,13H2,1H3,(H,29,30)/t21-/m0/s1. The lowest BCUT2D eigenvalue weighted by atomic mass is 9.81. The van der Waals surface area contributed by atoms with E-state index in [0.717, 1.165) is 55.5 Å². The molecule has 2 N–H and O–H groups in total. The fourth-order valence-electron chi connectivity index (χ4n) is 4.99. The van der Waals surface area contributed by atoms with Gasteiger partial charge in [0, 0.05) is 43.1 Å². The average Bonchev–Trinajstić information content (AvgIpc) is 3.23. The molecule has 5 rings (SSSR count). The molecule has 170 valence electrons. The second-order valence-electron chi connectivity index (χ2n) is 8.58. The highest BCUT2D eigenvalue weighted by Crippen LogP contribution is 2.40. The smallest absolute Gasteiger partial charge is 0.381 e. The first-order chi connectivity index (χ1) is 15.4. The van der Waals surface area contributed by atoms with E-state index in [1.165, 1.54) is 5.56 Å². The van der Waals surface area contributed by atoms with Crippen molar-refractivity contribution in [3.05, 3.63) is 52.8 Å². The SMILES string of the molecule is Cc1cc(-c2cnc3[nH]cc(C(F)(F)F)c3c2)cc([C@@H]2COCCN2)c1C1CCOCC1. The summed E-state index contributed by atoms with van der Waals surface area (Å²) < 4.78 is 51.6. The normalized spacial score (nSPS) is 20.7. The van der Waals surface area contributed by atoms with Crippen LogP contribution in [0.15, 0.2) is 30.6 Å². The molecule has 0 radical (unpaired) electrons. The van der Waals surface area contributed by atoms with E-state index in [1.807, 2.05) is 0 Å². The lowest BCUT2D eigenvalue weighted by Gasteiger charge is -2.32. The Bertz CT molecular complexity index is 1110. The second-order valence-corrected chi connectivity index (χ2v) is 8.58. The van der Waals surface area contributed by atoms with Gasteiger partial charge in [0.05, 0.1) is 24.8 Å². The van der Waals surface area contributed by atoms with Crippen LogP contribution in [0.25, 0.3) is 22.2 Å². The van der Waals surface area contributed by atoms with Gasteiger partial charge in [-0.1, -0.05) is 6.07 Å². The van der Waals surface area contributed by atoms with E-state index >= 15 is 0 Å². The van der Waals surface area contributed by atoms with Gasteiger partial charge in [0.15, 0.2) is 0 Å².